The topological polar surface area (TPSA) is 87.7 Å². The molecule has 5 nitrogen and oxygen atoms in total. The summed E-state index contributed by atoms with van der Waals surface area (Å²) in [5.41, 5.74) is 0.662. The Morgan fingerprint density at radius 1 is 1.05 bits per heavy atom. The molecule has 6 heteroatoms. The van der Waals surface area contributed by atoms with E-state index in [0.717, 1.165) is 0 Å². The van der Waals surface area contributed by atoms with Crippen molar-refractivity contribution in [1.82, 2.24) is 0 Å². The van der Waals surface area contributed by atoms with Gasteiger partial charge in [0.25, 0.3) is 0 Å². The summed E-state index contributed by atoms with van der Waals surface area (Å²) >= 11 is 0. The summed E-state index contributed by atoms with van der Waals surface area (Å²) in [7, 11) is -1.15. The van der Waals surface area contributed by atoms with Crippen LogP contribution in [0.15, 0.2) is 9.21 Å². The van der Waals surface area contributed by atoms with Crippen molar-refractivity contribution in [2.24, 2.45) is 0 Å². The van der Waals surface area contributed by atoms with Gasteiger partial charge in [0.1, 0.15) is 22.6 Å². The number of benzene rings is 1. The summed E-state index contributed by atoms with van der Waals surface area (Å²) in [5, 5.41) is 20.7. The van der Waals surface area contributed by atoms with Crippen LogP contribution in [0.2, 0.25) is 0 Å². The van der Waals surface area contributed by atoms with Gasteiger partial charge < -0.3 is 14.6 Å². The van der Waals surface area contributed by atoms with E-state index in [4.69, 9.17) is 4.42 Å². The van der Waals surface area contributed by atoms with Gasteiger partial charge in [-0.1, -0.05) is 0 Å². The van der Waals surface area contributed by atoms with E-state index in [1.165, 1.54) is 6.92 Å². The van der Waals surface area contributed by atoms with E-state index in [1.54, 1.807) is 6.92 Å². The van der Waals surface area contributed by atoms with Gasteiger partial charge in [0.2, 0.25) is 0 Å². The van der Waals surface area contributed by atoms with Crippen LogP contribution in [-0.2, 0) is 22.3 Å². The molecule has 1 aliphatic heterocycles. The largest absolute Gasteiger partial charge is 0.507 e. The third kappa shape index (κ3) is 1.53. The third-order valence-electron chi connectivity index (χ3n) is 3.57. The molecule has 0 saturated carbocycles. The summed E-state index contributed by atoms with van der Waals surface area (Å²) in [5.74, 6) is 0.470. The van der Waals surface area contributed by atoms with Crippen molar-refractivity contribution < 1.29 is 18.8 Å². The van der Waals surface area contributed by atoms with Gasteiger partial charge in [-0.15, -0.1) is 0 Å². The van der Waals surface area contributed by atoms with Crippen LogP contribution in [0.3, 0.4) is 0 Å². The molecule has 0 fully saturated rings. The Labute approximate surface area is 110 Å². The van der Waals surface area contributed by atoms with Crippen LogP contribution in [0.25, 0.3) is 10.8 Å². The molecule has 1 aromatic carbocycles. The van der Waals surface area contributed by atoms with Gasteiger partial charge in [0, 0.05) is 32.9 Å². The first-order valence-corrected chi connectivity index (χ1v) is 7.25. The van der Waals surface area contributed by atoms with Crippen molar-refractivity contribution in [2.75, 3.05) is 0 Å². The molecule has 0 amide bonds. The van der Waals surface area contributed by atoms with Gasteiger partial charge in [-0.25, -0.2) is 4.79 Å². The number of rotatable bonds is 0. The molecule has 100 valence electrons. The van der Waals surface area contributed by atoms with Gasteiger partial charge in [0.05, 0.1) is 11.5 Å². The van der Waals surface area contributed by atoms with Crippen LogP contribution in [0.1, 0.15) is 22.5 Å². The fraction of sp³-hybridized carbons (Fsp3) is 0.308. The highest BCUT2D eigenvalue weighted by molar-refractivity contribution is 7.83. The van der Waals surface area contributed by atoms with E-state index in [9.17, 15) is 19.2 Å². The average molecular weight is 280 g/mol. The maximum absolute atomic E-state index is 11.9. The maximum Gasteiger partial charge on any atom is 0.347 e. The van der Waals surface area contributed by atoms with Crippen molar-refractivity contribution in [3.8, 4) is 11.5 Å². The second-order valence-electron chi connectivity index (χ2n) is 4.70. The molecule has 2 heterocycles. The first-order valence-electron chi connectivity index (χ1n) is 5.76. The highest BCUT2D eigenvalue weighted by Gasteiger charge is 2.28. The zero-order chi connectivity index (χ0) is 13.9. The zero-order valence-corrected chi connectivity index (χ0v) is 11.3. The number of hydrogen-bond acceptors (Lipinski definition) is 5. The van der Waals surface area contributed by atoms with Crippen LogP contribution in [-0.4, -0.2) is 14.4 Å². The van der Waals surface area contributed by atoms with E-state index in [2.05, 4.69) is 0 Å². The predicted octanol–water partition coefficient (Wildman–Crippen LogP) is 1.58. The number of aryl methyl sites for hydroxylation is 1. The Morgan fingerprint density at radius 3 is 2.37 bits per heavy atom. The lowest BCUT2D eigenvalue weighted by Gasteiger charge is -2.20. The lowest BCUT2D eigenvalue weighted by atomic mass is 9.97. The molecule has 0 spiro atoms. The highest BCUT2D eigenvalue weighted by Crippen LogP contribution is 2.42. The van der Waals surface area contributed by atoms with Crippen molar-refractivity contribution in [1.29, 1.82) is 0 Å². The first-order chi connectivity index (χ1) is 8.91. The molecule has 0 aliphatic carbocycles. The second-order valence-corrected chi connectivity index (χ2v) is 6.16. The minimum absolute atomic E-state index is 0.0719. The van der Waals surface area contributed by atoms with E-state index < -0.39 is 16.4 Å². The maximum atomic E-state index is 11.9. The van der Waals surface area contributed by atoms with E-state index in [0.29, 0.717) is 22.3 Å². The van der Waals surface area contributed by atoms with Crippen LogP contribution >= 0.6 is 0 Å². The van der Waals surface area contributed by atoms with Gasteiger partial charge in [-0.05, 0) is 13.8 Å². The average Bonchev–Trinajstić information content (AvgIpc) is 2.35. The second kappa shape index (κ2) is 3.84. The molecule has 0 unspecified atom stereocenters. The molecule has 2 aromatic rings. The van der Waals surface area contributed by atoms with Crippen molar-refractivity contribution in [2.45, 2.75) is 25.4 Å². The van der Waals surface area contributed by atoms with Gasteiger partial charge in [0.15, 0.2) is 0 Å². The summed E-state index contributed by atoms with van der Waals surface area (Å²) in [6, 6.07) is 0. The van der Waals surface area contributed by atoms with Crippen molar-refractivity contribution in [3.63, 3.8) is 0 Å². The highest BCUT2D eigenvalue weighted by atomic mass is 32.2. The molecule has 0 saturated heterocycles. The van der Waals surface area contributed by atoms with Crippen molar-refractivity contribution in [3.05, 3.63) is 32.9 Å². The summed E-state index contributed by atoms with van der Waals surface area (Å²) in [6.07, 6.45) is 0. The van der Waals surface area contributed by atoms with Gasteiger partial charge >= 0.3 is 5.63 Å². The predicted molar refractivity (Wildman–Crippen MR) is 70.8 cm³/mol. The number of aromatic hydroxyl groups is 2. The zero-order valence-electron chi connectivity index (χ0n) is 10.4. The fourth-order valence-corrected chi connectivity index (χ4v) is 3.94. The summed E-state index contributed by atoms with van der Waals surface area (Å²) in [4.78, 5) is 11.9. The lowest BCUT2D eigenvalue weighted by molar-refractivity contribution is 0.438. The molecule has 2 N–H and O–H groups in total. The van der Waals surface area contributed by atoms with Crippen molar-refractivity contribution >= 4 is 21.6 Å². The van der Waals surface area contributed by atoms with Gasteiger partial charge in [-0.2, -0.15) is 0 Å². The lowest BCUT2D eigenvalue weighted by Crippen LogP contribution is -2.15. The number of phenols is 2. The van der Waals surface area contributed by atoms with Gasteiger partial charge in [-0.3, -0.25) is 4.21 Å². The molecule has 3 rings (SSSR count). The Bertz CT molecular complexity index is 803. The number of hydrogen-bond donors (Lipinski definition) is 2. The molecule has 1 aromatic heterocycles. The standard InChI is InChI=1S/C13H12O5S/c1-5-11(14)8-4-19(17)3-7-6(2)18-13(16)10(9(7)8)12(5)15/h14-15H,3-4H2,1-2H3/t19-/m0/s1. The van der Waals surface area contributed by atoms with Crippen LogP contribution in [0, 0.1) is 13.8 Å². The summed E-state index contributed by atoms with van der Waals surface area (Å²) < 4.78 is 17.0. The molecular formula is C13H12O5S. The molecule has 0 bridgehead atoms. The normalized spacial score (nSPS) is 17.9. The monoisotopic (exact) mass is 280 g/mol. The molecule has 19 heavy (non-hydrogen) atoms. The summed E-state index contributed by atoms with van der Waals surface area (Å²) in [6.45, 7) is 3.13. The Hall–Kier alpha value is -1.82. The first kappa shape index (κ1) is 12.2. The minimum atomic E-state index is -1.15. The van der Waals surface area contributed by atoms with Crippen LogP contribution < -0.4 is 5.63 Å². The van der Waals surface area contributed by atoms with E-state index in [-0.39, 0.29) is 34.0 Å². The fourth-order valence-electron chi connectivity index (χ4n) is 2.56. The quantitative estimate of drug-likeness (QED) is 0.765. The minimum Gasteiger partial charge on any atom is -0.507 e. The smallest absolute Gasteiger partial charge is 0.347 e. The molecular weight excluding hydrogens is 268 g/mol. The number of phenolic OH excluding ortho intramolecular Hbond substituents is 2. The SMILES string of the molecule is Cc1oc(=O)c2c(O)c(C)c(O)c3c2c1C[S@](=O)C3. The van der Waals surface area contributed by atoms with E-state index >= 15 is 0 Å². The van der Waals surface area contributed by atoms with E-state index in [1.807, 2.05) is 0 Å². The van der Waals surface area contributed by atoms with Crippen LogP contribution in [0.4, 0.5) is 0 Å². The Balaban J connectivity index is 2.66. The molecule has 1 atom stereocenters. The molecule has 1 aliphatic rings. The molecule has 0 radical (unpaired) electrons. The Kier molecular flexibility index (Phi) is 2.47. The Morgan fingerprint density at radius 2 is 1.68 bits per heavy atom. The van der Waals surface area contributed by atoms with Crippen LogP contribution in [0.5, 0.6) is 11.5 Å². The third-order valence-corrected chi connectivity index (χ3v) is 4.79.